The van der Waals surface area contributed by atoms with E-state index in [0.717, 1.165) is 24.1 Å². The van der Waals surface area contributed by atoms with Crippen LogP contribution in [0.4, 0.5) is 8.78 Å². The quantitative estimate of drug-likeness (QED) is 0.886. The van der Waals surface area contributed by atoms with E-state index in [1.54, 1.807) is 12.3 Å². The van der Waals surface area contributed by atoms with Gasteiger partial charge in [-0.1, -0.05) is 26.0 Å². The van der Waals surface area contributed by atoms with Crippen molar-refractivity contribution in [1.29, 1.82) is 0 Å². The fourth-order valence-electron chi connectivity index (χ4n) is 2.20. The normalized spacial score (nSPS) is 11.3. The lowest BCUT2D eigenvalue weighted by atomic mass is 10.2. The first-order chi connectivity index (χ1) is 9.99. The molecular weight excluding hydrogens is 272 g/mol. The van der Waals surface area contributed by atoms with Crippen molar-refractivity contribution in [3.8, 4) is 0 Å². The van der Waals surface area contributed by atoms with Crippen molar-refractivity contribution in [3.05, 3.63) is 53.1 Å². The number of halogens is 2. The molecule has 0 aliphatic heterocycles. The van der Waals surface area contributed by atoms with Gasteiger partial charge < -0.3 is 9.88 Å². The molecule has 0 aliphatic carbocycles. The molecule has 0 fully saturated rings. The number of aromatic nitrogens is 2. The van der Waals surface area contributed by atoms with Gasteiger partial charge in [-0.15, -0.1) is 0 Å². The number of imidazole rings is 1. The molecule has 1 heterocycles. The molecule has 2 rings (SSSR count). The molecule has 0 spiro atoms. The molecule has 5 heteroatoms. The third-order valence-electron chi connectivity index (χ3n) is 3.36. The summed E-state index contributed by atoms with van der Waals surface area (Å²) in [6.45, 7) is 7.99. The van der Waals surface area contributed by atoms with Crippen LogP contribution in [0.15, 0.2) is 24.4 Å². The Hall–Kier alpha value is -1.75. The van der Waals surface area contributed by atoms with Gasteiger partial charge in [-0.25, -0.2) is 13.8 Å². The van der Waals surface area contributed by atoms with Crippen molar-refractivity contribution < 1.29 is 8.78 Å². The van der Waals surface area contributed by atoms with Crippen molar-refractivity contribution in [3.63, 3.8) is 0 Å². The van der Waals surface area contributed by atoms with Crippen LogP contribution in [-0.2, 0) is 13.1 Å². The number of hydrogen-bond donors (Lipinski definition) is 1. The van der Waals surface area contributed by atoms with Crippen LogP contribution in [0, 0.1) is 24.5 Å². The maximum absolute atomic E-state index is 13.8. The fraction of sp³-hybridized carbons (Fsp3) is 0.438. The summed E-state index contributed by atoms with van der Waals surface area (Å²) in [5.41, 5.74) is 1.30. The number of hydrogen-bond acceptors (Lipinski definition) is 2. The molecule has 1 aromatic heterocycles. The Kier molecular flexibility index (Phi) is 5.07. The summed E-state index contributed by atoms with van der Waals surface area (Å²) in [6.07, 6.45) is 1.78. The van der Waals surface area contributed by atoms with Crippen LogP contribution in [0.5, 0.6) is 0 Å². The average Bonchev–Trinajstić information content (AvgIpc) is 2.76. The van der Waals surface area contributed by atoms with Crippen molar-refractivity contribution in [2.45, 2.75) is 33.9 Å². The zero-order valence-corrected chi connectivity index (χ0v) is 12.7. The maximum atomic E-state index is 13.8. The predicted molar refractivity (Wildman–Crippen MR) is 79.0 cm³/mol. The molecule has 3 nitrogen and oxygen atoms in total. The van der Waals surface area contributed by atoms with Gasteiger partial charge in [-0.2, -0.15) is 0 Å². The van der Waals surface area contributed by atoms with E-state index >= 15 is 0 Å². The summed E-state index contributed by atoms with van der Waals surface area (Å²) < 4.78 is 29.0. The molecule has 0 bridgehead atoms. The second-order valence-corrected chi connectivity index (χ2v) is 5.62. The molecule has 0 saturated carbocycles. The highest BCUT2D eigenvalue weighted by atomic mass is 19.2. The van der Waals surface area contributed by atoms with E-state index in [9.17, 15) is 8.78 Å². The molecule has 0 unspecified atom stereocenters. The Labute approximate surface area is 124 Å². The number of rotatable bonds is 6. The van der Waals surface area contributed by atoms with E-state index in [0.29, 0.717) is 18.0 Å². The first kappa shape index (κ1) is 15.6. The van der Waals surface area contributed by atoms with Gasteiger partial charge in [0.25, 0.3) is 0 Å². The van der Waals surface area contributed by atoms with Crippen LogP contribution in [-0.4, -0.2) is 16.1 Å². The van der Waals surface area contributed by atoms with Gasteiger partial charge in [0.15, 0.2) is 11.6 Å². The second kappa shape index (κ2) is 6.80. The molecule has 1 aromatic carbocycles. The summed E-state index contributed by atoms with van der Waals surface area (Å²) in [5.74, 6) is -0.250. The molecule has 1 N–H and O–H groups in total. The zero-order chi connectivity index (χ0) is 15.4. The highest BCUT2D eigenvalue weighted by Gasteiger charge is 2.12. The Balaban J connectivity index is 2.16. The maximum Gasteiger partial charge on any atom is 0.163 e. The summed E-state index contributed by atoms with van der Waals surface area (Å²) in [7, 11) is 0. The second-order valence-electron chi connectivity index (χ2n) is 5.62. The Morgan fingerprint density at radius 2 is 2.05 bits per heavy atom. The standard InChI is InChI=1S/C16H21F2N3/c1-11(2)7-19-8-14-9-20-12(3)21(14)10-13-5-4-6-15(17)16(13)18/h4-6,9,11,19H,7-8,10H2,1-3H3. The van der Waals surface area contributed by atoms with Crippen LogP contribution >= 0.6 is 0 Å². The van der Waals surface area contributed by atoms with Gasteiger partial charge in [0.2, 0.25) is 0 Å². The van der Waals surface area contributed by atoms with Crippen LogP contribution in [0.25, 0.3) is 0 Å². The lowest BCUT2D eigenvalue weighted by Crippen LogP contribution is -2.21. The molecule has 114 valence electrons. The van der Waals surface area contributed by atoms with E-state index < -0.39 is 11.6 Å². The lowest BCUT2D eigenvalue weighted by Gasteiger charge is -2.13. The molecule has 2 aromatic rings. The number of aryl methyl sites for hydroxylation is 1. The number of nitrogens with zero attached hydrogens (tertiary/aromatic N) is 2. The molecular formula is C16H21F2N3. The highest BCUT2D eigenvalue weighted by Crippen LogP contribution is 2.15. The zero-order valence-electron chi connectivity index (χ0n) is 12.7. The van der Waals surface area contributed by atoms with Crippen LogP contribution in [0.2, 0.25) is 0 Å². The lowest BCUT2D eigenvalue weighted by molar-refractivity contribution is 0.491. The molecule has 0 saturated heterocycles. The van der Waals surface area contributed by atoms with E-state index in [2.05, 4.69) is 24.1 Å². The summed E-state index contributed by atoms with van der Waals surface area (Å²) >= 11 is 0. The summed E-state index contributed by atoms with van der Waals surface area (Å²) in [4.78, 5) is 4.27. The van der Waals surface area contributed by atoms with Gasteiger partial charge in [0, 0.05) is 18.3 Å². The van der Waals surface area contributed by atoms with Gasteiger partial charge >= 0.3 is 0 Å². The Morgan fingerprint density at radius 1 is 1.29 bits per heavy atom. The van der Waals surface area contributed by atoms with Crippen molar-refractivity contribution >= 4 is 0 Å². The van der Waals surface area contributed by atoms with Crippen molar-refractivity contribution in [1.82, 2.24) is 14.9 Å². The molecule has 0 amide bonds. The van der Waals surface area contributed by atoms with Crippen molar-refractivity contribution in [2.75, 3.05) is 6.54 Å². The molecule has 0 radical (unpaired) electrons. The van der Waals surface area contributed by atoms with Crippen molar-refractivity contribution in [2.24, 2.45) is 5.92 Å². The minimum Gasteiger partial charge on any atom is -0.326 e. The molecule has 0 atom stereocenters. The summed E-state index contributed by atoms with van der Waals surface area (Å²) in [5, 5.41) is 3.34. The minimum absolute atomic E-state index is 0.286. The predicted octanol–water partition coefficient (Wildman–Crippen LogP) is 3.26. The van der Waals surface area contributed by atoms with E-state index in [1.165, 1.54) is 6.07 Å². The molecule has 0 aliphatic rings. The third-order valence-corrected chi connectivity index (χ3v) is 3.36. The third kappa shape index (κ3) is 3.88. The SMILES string of the molecule is Cc1ncc(CNCC(C)C)n1Cc1cccc(F)c1F. The van der Waals surface area contributed by atoms with E-state index in [1.807, 2.05) is 11.5 Å². The van der Waals surface area contributed by atoms with Gasteiger partial charge in [0.1, 0.15) is 5.82 Å². The van der Waals surface area contributed by atoms with E-state index in [4.69, 9.17) is 0 Å². The first-order valence-corrected chi connectivity index (χ1v) is 7.13. The minimum atomic E-state index is -0.815. The topological polar surface area (TPSA) is 29.9 Å². The Bertz CT molecular complexity index is 606. The smallest absolute Gasteiger partial charge is 0.163 e. The first-order valence-electron chi connectivity index (χ1n) is 7.13. The van der Waals surface area contributed by atoms with Crippen LogP contribution in [0.3, 0.4) is 0 Å². The van der Waals surface area contributed by atoms with Gasteiger partial charge in [-0.3, -0.25) is 0 Å². The molecule has 21 heavy (non-hydrogen) atoms. The fourth-order valence-corrected chi connectivity index (χ4v) is 2.20. The van der Waals surface area contributed by atoms with Crippen LogP contribution in [0.1, 0.15) is 30.9 Å². The highest BCUT2D eigenvalue weighted by molar-refractivity contribution is 5.21. The van der Waals surface area contributed by atoms with E-state index in [-0.39, 0.29) is 6.54 Å². The number of nitrogens with one attached hydrogen (secondary N) is 1. The summed E-state index contributed by atoms with van der Waals surface area (Å²) in [6, 6.07) is 4.25. The van der Waals surface area contributed by atoms with Crippen LogP contribution < -0.4 is 5.32 Å². The van der Waals surface area contributed by atoms with Gasteiger partial charge in [0.05, 0.1) is 12.2 Å². The number of benzene rings is 1. The average molecular weight is 293 g/mol. The monoisotopic (exact) mass is 293 g/mol. The Morgan fingerprint density at radius 3 is 2.76 bits per heavy atom. The van der Waals surface area contributed by atoms with Gasteiger partial charge in [-0.05, 0) is 25.5 Å². The largest absolute Gasteiger partial charge is 0.326 e.